The van der Waals surface area contributed by atoms with Crippen molar-refractivity contribution in [3.05, 3.63) is 0 Å². The first-order valence-electron chi connectivity index (χ1n) is 3.37. The van der Waals surface area contributed by atoms with Gasteiger partial charge in [0.05, 0.1) is 6.10 Å². The van der Waals surface area contributed by atoms with E-state index in [4.69, 9.17) is 4.74 Å². The van der Waals surface area contributed by atoms with Crippen molar-refractivity contribution in [1.82, 2.24) is 0 Å². The smallest absolute Gasteiger partial charge is 0.135 e. The minimum absolute atomic E-state index is 0.214. The van der Waals surface area contributed by atoms with E-state index in [1.54, 1.807) is 7.11 Å². The van der Waals surface area contributed by atoms with Gasteiger partial charge in [-0.2, -0.15) is 0 Å². The summed E-state index contributed by atoms with van der Waals surface area (Å²) in [6, 6.07) is 0. The Hall–Kier alpha value is -0.370. The first-order valence-corrected chi connectivity index (χ1v) is 3.37. The lowest BCUT2D eigenvalue weighted by Gasteiger charge is -2.18. The predicted molar refractivity (Wildman–Crippen MR) is 34.3 cm³/mol. The van der Waals surface area contributed by atoms with Crippen LogP contribution < -0.4 is 0 Å². The van der Waals surface area contributed by atoms with E-state index in [0.29, 0.717) is 12.2 Å². The molecule has 0 radical (unpaired) electrons. The van der Waals surface area contributed by atoms with Gasteiger partial charge in [0.15, 0.2) is 0 Å². The summed E-state index contributed by atoms with van der Waals surface area (Å²) < 4.78 is 5.04. The van der Waals surface area contributed by atoms with E-state index in [2.05, 4.69) is 0 Å². The zero-order valence-electron chi connectivity index (χ0n) is 5.72. The Kier molecular flexibility index (Phi) is 2.22. The highest BCUT2D eigenvalue weighted by Gasteiger charge is 2.17. The number of ether oxygens (including phenoxy) is 1. The third-order valence-electron chi connectivity index (χ3n) is 1.77. The second-order valence-electron chi connectivity index (χ2n) is 2.49. The summed E-state index contributed by atoms with van der Waals surface area (Å²) in [6.07, 6.45) is 3.68. The Morgan fingerprint density at radius 1 is 1.67 bits per heavy atom. The number of carbonyl (C=O) groups is 1. The Morgan fingerprint density at radius 3 is 2.89 bits per heavy atom. The molecule has 1 fully saturated rings. The number of methoxy groups -OCH3 is 1. The van der Waals surface area contributed by atoms with E-state index in [1.165, 1.54) is 0 Å². The third kappa shape index (κ3) is 1.79. The Labute approximate surface area is 55.2 Å². The fraction of sp³-hybridized carbons (Fsp3) is 0.857. The molecule has 0 bridgehead atoms. The van der Waals surface area contributed by atoms with Crippen molar-refractivity contribution in [1.29, 1.82) is 0 Å². The molecule has 1 atom stereocenters. The van der Waals surface area contributed by atoms with Crippen LogP contribution in [-0.4, -0.2) is 19.0 Å². The van der Waals surface area contributed by atoms with Crippen molar-refractivity contribution in [2.75, 3.05) is 7.11 Å². The lowest BCUT2D eigenvalue weighted by atomic mass is 9.97. The van der Waals surface area contributed by atoms with Gasteiger partial charge in [-0.25, -0.2) is 0 Å². The van der Waals surface area contributed by atoms with Crippen LogP contribution in [0.25, 0.3) is 0 Å². The van der Waals surface area contributed by atoms with E-state index >= 15 is 0 Å². The summed E-state index contributed by atoms with van der Waals surface area (Å²) >= 11 is 0. The van der Waals surface area contributed by atoms with Crippen molar-refractivity contribution in [3.8, 4) is 0 Å². The topological polar surface area (TPSA) is 26.3 Å². The van der Waals surface area contributed by atoms with Crippen LogP contribution in [0.4, 0.5) is 0 Å². The van der Waals surface area contributed by atoms with Crippen LogP contribution >= 0.6 is 0 Å². The van der Waals surface area contributed by atoms with Gasteiger partial charge in [0.2, 0.25) is 0 Å². The molecule has 0 aromatic rings. The van der Waals surface area contributed by atoms with Gasteiger partial charge < -0.3 is 4.74 Å². The first kappa shape index (κ1) is 6.75. The van der Waals surface area contributed by atoms with Crippen molar-refractivity contribution in [3.63, 3.8) is 0 Å². The van der Waals surface area contributed by atoms with Crippen LogP contribution in [0, 0.1) is 0 Å². The summed E-state index contributed by atoms with van der Waals surface area (Å²) in [5.74, 6) is 0.355. The molecule has 0 amide bonds. The second kappa shape index (κ2) is 2.97. The van der Waals surface area contributed by atoms with Gasteiger partial charge >= 0.3 is 0 Å². The first-order chi connectivity index (χ1) is 4.33. The van der Waals surface area contributed by atoms with E-state index in [9.17, 15) is 4.79 Å². The van der Waals surface area contributed by atoms with Crippen LogP contribution in [0.1, 0.15) is 25.7 Å². The molecule has 0 aromatic carbocycles. The molecule has 1 saturated carbocycles. The van der Waals surface area contributed by atoms with Crippen molar-refractivity contribution < 1.29 is 9.53 Å². The highest BCUT2D eigenvalue weighted by atomic mass is 16.5. The minimum Gasteiger partial charge on any atom is -0.381 e. The van der Waals surface area contributed by atoms with E-state index in [1.807, 2.05) is 0 Å². The monoisotopic (exact) mass is 128 g/mol. The van der Waals surface area contributed by atoms with Gasteiger partial charge in [-0.05, 0) is 12.8 Å². The summed E-state index contributed by atoms with van der Waals surface area (Å²) in [5.41, 5.74) is 0. The molecule has 52 valence electrons. The Morgan fingerprint density at radius 2 is 2.44 bits per heavy atom. The summed E-state index contributed by atoms with van der Waals surface area (Å²) in [5, 5.41) is 0. The Bertz CT molecular complexity index is 109. The number of hydrogen-bond donors (Lipinski definition) is 0. The SMILES string of the molecule is COC1CCCC(=O)C1. The van der Waals surface area contributed by atoms with Crippen molar-refractivity contribution >= 4 is 5.78 Å². The summed E-state index contributed by atoms with van der Waals surface area (Å²) in [4.78, 5) is 10.8. The molecule has 0 spiro atoms. The Balaban J connectivity index is 2.32. The molecular formula is C7H12O2. The molecule has 0 N–H and O–H groups in total. The lowest BCUT2D eigenvalue weighted by molar-refractivity contribution is -0.123. The van der Waals surface area contributed by atoms with E-state index in [-0.39, 0.29) is 6.10 Å². The fourth-order valence-electron chi connectivity index (χ4n) is 1.19. The number of Topliss-reactive ketones (excluding diaryl/α,β-unsaturated/α-hetero) is 1. The average Bonchev–Trinajstić information content (AvgIpc) is 1.88. The number of ketones is 1. The van der Waals surface area contributed by atoms with E-state index in [0.717, 1.165) is 19.3 Å². The molecule has 1 unspecified atom stereocenters. The lowest BCUT2D eigenvalue weighted by Crippen LogP contribution is -2.20. The highest BCUT2D eigenvalue weighted by molar-refractivity contribution is 5.79. The predicted octanol–water partition coefficient (Wildman–Crippen LogP) is 1.14. The quantitative estimate of drug-likeness (QED) is 0.529. The highest BCUT2D eigenvalue weighted by Crippen LogP contribution is 2.16. The minimum atomic E-state index is 0.214. The molecular weight excluding hydrogens is 116 g/mol. The summed E-state index contributed by atoms with van der Waals surface area (Å²) in [7, 11) is 1.67. The average molecular weight is 128 g/mol. The molecule has 0 saturated heterocycles. The molecule has 2 heteroatoms. The maximum absolute atomic E-state index is 10.8. The zero-order chi connectivity index (χ0) is 6.69. The molecule has 1 rings (SSSR count). The van der Waals surface area contributed by atoms with Gasteiger partial charge in [0, 0.05) is 20.0 Å². The van der Waals surface area contributed by atoms with Gasteiger partial charge in [0.25, 0.3) is 0 Å². The van der Waals surface area contributed by atoms with Crippen LogP contribution in [0.5, 0.6) is 0 Å². The van der Waals surface area contributed by atoms with Gasteiger partial charge in [-0.3, -0.25) is 4.79 Å². The van der Waals surface area contributed by atoms with Crippen LogP contribution in [0.15, 0.2) is 0 Å². The zero-order valence-corrected chi connectivity index (χ0v) is 5.72. The molecule has 9 heavy (non-hydrogen) atoms. The van der Waals surface area contributed by atoms with Crippen LogP contribution in [0.3, 0.4) is 0 Å². The van der Waals surface area contributed by atoms with Gasteiger partial charge in [0.1, 0.15) is 5.78 Å². The fourth-order valence-corrected chi connectivity index (χ4v) is 1.19. The number of carbonyl (C=O) groups excluding carboxylic acids is 1. The van der Waals surface area contributed by atoms with Gasteiger partial charge in [-0.15, -0.1) is 0 Å². The molecule has 1 aliphatic carbocycles. The van der Waals surface area contributed by atoms with Gasteiger partial charge in [-0.1, -0.05) is 0 Å². The molecule has 2 nitrogen and oxygen atoms in total. The molecule has 0 aromatic heterocycles. The third-order valence-corrected chi connectivity index (χ3v) is 1.77. The summed E-state index contributed by atoms with van der Waals surface area (Å²) in [6.45, 7) is 0. The molecule has 1 aliphatic rings. The maximum atomic E-state index is 10.8. The van der Waals surface area contributed by atoms with Crippen molar-refractivity contribution in [2.24, 2.45) is 0 Å². The number of hydrogen-bond acceptors (Lipinski definition) is 2. The van der Waals surface area contributed by atoms with Crippen LogP contribution in [-0.2, 0) is 9.53 Å². The second-order valence-corrected chi connectivity index (χ2v) is 2.49. The van der Waals surface area contributed by atoms with Crippen molar-refractivity contribution in [2.45, 2.75) is 31.8 Å². The molecule has 0 heterocycles. The largest absolute Gasteiger partial charge is 0.381 e. The standard InChI is InChI=1S/C7H12O2/c1-9-7-4-2-3-6(8)5-7/h7H,2-5H2,1H3. The normalized spacial score (nSPS) is 28.6. The molecule has 0 aliphatic heterocycles. The van der Waals surface area contributed by atoms with Crippen LogP contribution in [0.2, 0.25) is 0 Å². The maximum Gasteiger partial charge on any atom is 0.135 e. The van der Waals surface area contributed by atoms with E-state index < -0.39 is 0 Å². The number of rotatable bonds is 1.